The molecule has 15 heavy (non-hydrogen) atoms. The topological polar surface area (TPSA) is 9.23 Å². The number of halogens is 2. The Morgan fingerprint density at radius 1 is 1.27 bits per heavy atom. The zero-order valence-corrected chi connectivity index (χ0v) is 12.1. The number of hydrogen-bond donors (Lipinski definition) is 0. The van der Waals surface area contributed by atoms with Crippen LogP contribution in [0.5, 0.6) is 0 Å². The second-order valence-corrected chi connectivity index (χ2v) is 5.62. The van der Waals surface area contributed by atoms with Gasteiger partial charge in [-0.3, -0.25) is 0 Å². The van der Waals surface area contributed by atoms with Gasteiger partial charge in [0.25, 0.3) is 0 Å². The average Bonchev–Trinajstić information content (AvgIpc) is 2.22. The van der Waals surface area contributed by atoms with Gasteiger partial charge in [0.15, 0.2) is 0 Å². The summed E-state index contributed by atoms with van der Waals surface area (Å²) in [5.74, 6) is 0. The van der Waals surface area contributed by atoms with Gasteiger partial charge in [0.05, 0.1) is 0 Å². The van der Waals surface area contributed by atoms with Gasteiger partial charge in [-0.2, -0.15) is 0 Å². The van der Waals surface area contributed by atoms with E-state index in [2.05, 4.69) is 56.1 Å². The summed E-state index contributed by atoms with van der Waals surface area (Å²) in [6.07, 6.45) is 2.12. The highest BCUT2D eigenvalue weighted by Gasteiger charge is 2.05. The van der Waals surface area contributed by atoms with Gasteiger partial charge >= 0.3 is 0 Å². The van der Waals surface area contributed by atoms with Crippen LogP contribution in [0.3, 0.4) is 0 Å². The van der Waals surface area contributed by atoms with Crippen LogP contribution in [0.4, 0.5) is 0 Å². The molecule has 0 aromatic heterocycles. The summed E-state index contributed by atoms with van der Waals surface area (Å²) in [5, 5.41) is 0. The van der Waals surface area contributed by atoms with Crippen LogP contribution in [0.15, 0.2) is 28.7 Å². The number of rotatable bonds is 6. The van der Waals surface area contributed by atoms with Gasteiger partial charge in [0.1, 0.15) is 0 Å². The maximum absolute atomic E-state index is 5.32. The molecule has 0 radical (unpaired) electrons. The van der Waals surface area contributed by atoms with Crippen molar-refractivity contribution in [2.75, 3.05) is 13.2 Å². The van der Waals surface area contributed by atoms with Crippen molar-refractivity contribution in [3.05, 3.63) is 34.3 Å². The second kappa shape index (κ2) is 7.42. The Bertz CT molecular complexity index is 271. The van der Waals surface area contributed by atoms with Crippen LogP contribution in [0.25, 0.3) is 0 Å². The third-order valence-electron chi connectivity index (χ3n) is 2.15. The number of alkyl halides is 1. The van der Waals surface area contributed by atoms with E-state index in [1.54, 1.807) is 0 Å². The summed E-state index contributed by atoms with van der Waals surface area (Å²) in [6, 6.07) is 8.47. The molecule has 1 unspecified atom stereocenters. The maximum atomic E-state index is 5.32. The predicted molar refractivity (Wildman–Crippen MR) is 71.7 cm³/mol. The molecule has 0 heterocycles. The van der Waals surface area contributed by atoms with E-state index in [1.807, 2.05) is 6.92 Å². The van der Waals surface area contributed by atoms with Gasteiger partial charge in [-0.05, 0) is 37.5 Å². The summed E-state index contributed by atoms with van der Waals surface area (Å²) < 4.78 is 6.45. The van der Waals surface area contributed by atoms with Crippen molar-refractivity contribution in [1.29, 1.82) is 0 Å². The molecule has 0 saturated carbocycles. The van der Waals surface area contributed by atoms with Crippen molar-refractivity contribution in [2.24, 2.45) is 0 Å². The van der Waals surface area contributed by atoms with Gasteiger partial charge in [0.2, 0.25) is 0 Å². The second-order valence-electron chi connectivity index (χ2n) is 3.41. The summed E-state index contributed by atoms with van der Waals surface area (Å²) in [5.41, 5.74) is 1.36. The van der Waals surface area contributed by atoms with Crippen molar-refractivity contribution in [1.82, 2.24) is 0 Å². The van der Waals surface area contributed by atoms with E-state index in [9.17, 15) is 0 Å². The Kier molecular flexibility index (Phi) is 6.53. The van der Waals surface area contributed by atoms with Gasteiger partial charge < -0.3 is 4.74 Å². The fourth-order valence-corrected chi connectivity index (χ4v) is 2.16. The summed E-state index contributed by atoms with van der Waals surface area (Å²) in [6.45, 7) is 3.67. The van der Waals surface area contributed by atoms with Crippen LogP contribution < -0.4 is 0 Å². The molecule has 84 valence electrons. The van der Waals surface area contributed by atoms with Crippen molar-refractivity contribution in [2.45, 2.75) is 24.6 Å². The first-order valence-electron chi connectivity index (χ1n) is 5.18. The first kappa shape index (κ1) is 13.2. The maximum Gasteiger partial charge on any atom is 0.0476 e. The molecule has 0 saturated heterocycles. The zero-order chi connectivity index (χ0) is 11.1. The smallest absolute Gasteiger partial charge is 0.0476 e. The van der Waals surface area contributed by atoms with E-state index in [0.29, 0.717) is 4.83 Å². The predicted octanol–water partition coefficient (Wildman–Crippen LogP) is 4.18. The third-order valence-corrected chi connectivity index (χ3v) is 3.46. The Balaban J connectivity index is 2.31. The first-order valence-corrected chi connectivity index (χ1v) is 6.89. The molecule has 3 heteroatoms. The van der Waals surface area contributed by atoms with E-state index in [4.69, 9.17) is 4.74 Å². The van der Waals surface area contributed by atoms with Gasteiger partial charge in [0, 0.05) is 22.5 Å². The van der Waals surface area contributed by atoms with E-state index in [1.165, 1.54) is 5.56 Å². The van der Waals surface area contributed by atoms with E-state index < -0.39 is 0 Å². The van der Waals surface area contributed by atoms with Crippen LogP contribution in [0.2, 0.25) is 0 Å². The molecule has 1 atom stereocenters. The van der Waals surface area contributed by atoms with E-state index in [0.717, 1.165) is 30.5 Å². The van der Waals surface area contributed by atoms with E-state index in [-0.39, 0.29) is 0 Å². The lowest BCUT2D eigenvalue weighted by atomic mass is 10.1. The summed E-state index contributed by atoms with van der Waals surface area (Å²) in [4.78, 5) is 0.505. The van der Waals surface area contributed by atoms with Crippen molar-refractivity contribution < 1.29 is 4.74 Å². The Morgan fingerprint density at radius 3 is 2.53 bits per heavy atom. The lowest BCUT2D eigenvalue weighted by Crippen LogP contribution is -2.07. The van der Waals surface area contributed by atoms with Crippen LogP contribution in [-0.2, 0) is 11.2 Å². The van der Waals surface area contributed by atoms with Crippen LogP contribution >= 0.6 is 31.9 Å². The molecule has 0 aliphatic rings. The van der Waals surface area contributed by atoms with E-state index >= 15 is 0 Å². The summed E-state index contributed by atoms with van der Waals surface area (Å²) in [7, 11) is 0. The molecule has 0 fully saturated rings. The Morgan fingerprint density at radius 2 is 1.93 bits per heavy atom. The monoisotopic (exact) mass is 334 g/mol. The van der Waals surface area contributed by atoms with Gasteiger partial charge in [-0.15, -0.1) is 0 Å². The van der Waals surface area contributed by atoms with Gasteiger partial charge in [-0.25, -0.2) is 0 Å². The van der Waals surface area contributed by atoms with Crippen molar-refractivity contribution in [3.8, 4) is 0 Å². The van der Waals surface area contributed by atoms with Crippen LogP contribution in [0.1, 0.15) is 18.9 Å². The molecular weight excluding hydrogens is 320 g/mol. The average molecular weight is 336 g/mol. The largest absolute Gasteiger partial charge is 0.382 e. The SMILES string of the molecule is CCOCCC(Br)Cc1ccc(Br)cc1. The molecular formula is C12H16Br2O. The lowest BCUT2D eigenvalue weighted by molar-refractivity contribution is 0.145. The van der Waals surface area contributed by atoms with Crippen LogP contribution in [0, 0.1) is 0 Å². The molecule has 1 nitrogen and oxygen atoms in total. The highest BCUT2D eigenvalue weighted by atomic mass is 79.9. The fourth-order valence-electron chi connectivity index (χ4n) is 1.33. The number of ether oxygens (including phenoxy) is 1. The molecule has 0 N–H and O–H groups in total. The van der Waals surface area contributed by atoms with Crippen LogP contribution in [-0.4, -0.2) is 18.0 Å². The minimum Gasteiger partial charge on any atom is -0.382 e. The highest BCUT2D eigenvalue weighted by Crippen LogP contribution is 2.16. The quantitative estimate of drug-likeness (QED) is 0.559. The minimum atomic E-state index is 0.505. The molecule has 0 aliphatic carbocycles. The zero-order valence-electron chi connectivity index (χ0n) is 8.88. The molecule has 0 aliphatic heterocycles. The molecule has 1 aromatic carbocycles. The highest BCUT2D eigenvalue weighted by molar-refractivity contribution is 9.10. The number of hydrogen-bond acceptors (Lipinski definition) is 1. The standard InChI is InChI=1S/C12H16Br2O/c1-2-15-8-7-12(14)9-10-3-5-11(13)6-4-10/h3-6,12H,2,7-9H2,1H3. The molecule has 1 aromatic rings. The number of benzene rings is 1. The Labute approximate surface area is 108 Å². The van der Waals surface area contributed by atoms with Crippen molar-refractivity contribution in [3.63, 3.8) is 0 Å². The fraction of sp³-hybridized carbons (Fsp3) is 0.500. The lowest BCUT2D eigenvalue weighted by Gasteiger charge is -2.09. The normalized spacial score (nSPS) is 12.7. The molecule has 0 bridgehead atoms. The Hall–Kier alpha value is 0.140. The summed E-state index contributed by atoms with van der Waals surface area (Å²) >= 11 is 7.10. The van der Waals surface area contributed by atoms with Crippen molar-refractivity contribution >= 4 is 31.9 Å². The molecule has 1 rings (SSSR count). The first-order chi connectivity index (χ1) is 7.22. The third kappa shape index (κ3) is 5.69. The minimum absolute atomic E-state index is 0.505. The van der Waals surface area contributed by atoms with Gasteiger partial charge in [-0.1, -0.05) is 44.0 Å². The molecule has 0 spiro atoms. The molecule has 0 amide bonds.